The molecular weight excluding hydrogens is 290 g/mol. The standard InChI is InChI=1S/C15H14BrNO/c16-13-7-14(9-17-8-13)18-10-12-6-15(12)11-4-2-1-3-5-11/h1-5,7-9,12,15H,6,10H2/t12-,15+/m1/s1. The summed E-state index contributed by atoms with van der Waals surface area (Å²) < 4.78 is 6.72. The first-order valence-corrected chi connectivity index (χ1v) is 6.90. The number of benzene rings is 1. The Kier molecular flexibility index (Phi) is 3.33. The topological polar surface area (TPSA) is 22.1 Å². The number of nitrogens with zero attached hydrogens (tertiary/aromatic N) is 1. The van der Waals surface area contributed by atoms with E-state index in [2.05, 4.69) is 51.2 Å². The number of hydrogen-bond acceptors (Lipinski definition) is 2. The third-order valence-electron chi connectivity index (χ3n) is 3.29. The molecule has 0 spiro atoms. The van der Waals surface area contributed by atoms with E-state index in [9.17, 15) is 0 Å². The maximum absolute atomic E-state index is 5.77. The van der Waals surface area contributed by atoms with Gasteiger partial charge in [-0.25, -0.2) is 0 Å². The van der Waals surface area contributed by atoms with Crippen molar-refractivity contribution in [1.29, 1.82) is 0 Å². The molecule has 1 aromatic heterocycles. The molecule has 1 fully saturated rings. The van der Waals surface area contributed by atoms with Crippen LogP contribution in [0, 0.1) is 5.92 Å². The van der Waals surface area contributed by atoms with E-state index in [1.165, 1.54) is 12.0 Å². The normalized spacial score (nSPS) is 21.6. The zero-order chi connectivity index (χ0) is 12.4. The van der Waals surface area contributed by atoms with Crippen LogP contribution in [0.5, 0.6) is 5.75 Å². The van der Waals surface area contributed by atoms with Crippen LogP contribution in [-0.2, 0) is 0 Å². The van der Waals surface area contributed by atoms with Crippen LogP contribution in [-0.4, -0.2) is 11.6 Å². The minimum Gasteiger partial charge on any atom is -0.492 e. The van der Waals surface area contributed by atoms with Gasteiger partial charge in [-0.05, 0) is 39.9 Å². The Bertz CT molecular complexity index is 529. The molecule has 0 radical (unpaired) electrons. The largest absolute Gasteiger partial charge is 0.492 e. The third kappa shape index (κ3) is 2.72. The van der Waals surface area contributed by atoms with Gasteiger partial charge in [0.2, 0.25) is 0 Å². The van der Waals surface area contributed by atoms with Crippen molar-refractivity contribution < 1.29 is 4.74 Å². The molecule has 3 heteroatoms. The second-order valence-corrected chi connectivity index (χ2v) is 5.58. The third-order valence-corrected chi connectivity index (χ3v) is 3.73. The highest BCUT2D eigenvalue weighted by Crippen LogP contribution is 2.47. The number of hydrogen-bond donors (Lipinski definition) is 0. The summed E-state index contributed by atoms with van der Waals surface area (Å²) >= 11 is 3.39. The van der Waals surface area contributed by atoms with Gasteiger partial charge in [0.15, 0.2) is 0 Å². The first-order chi connectivity index (χ1) is 8.83. The Morgan fingerprint density at radius 1 is 1.22 bits per heavy atom. The lowest BCUT2D eigenvalue weighted by molar-refractivity contribution is 0.295. The molecule has 1 saturated carbocycles. The molecule has 1 aromatic carbocycles. The van der Waals surface area contributed by atoms with E-state index >= 15 is 0 Å². The molecule has 1 heterocycles. The van der Waals surface area contributed by atoms with Gasteiger partial charge in [0.25, 0.3) is 0 Å². The molecule has 3 rings (SSSR count). The molecule has 18 heavy (non-hydrogen) atoms. The molecule has 2 aromatic rings. The van der Waals surface area contributed by atoms with Gasteiger partial charge in [-0.1, -0.05) is 30.3 Å². The Morgan fingerprint density at radius 3 is 2.83 bits per heavy atom. The summed E-state index contributed by atoms with van der Waals surface area (Å²) in [5.41, 5.74) is 1.43. The molecule has 1 aliphatic rings. The molecule has 0 saturated heterocycles. The molecule has 1 aliphatic carbocycles. The number of halogens is 1. The van der Waals surface area contributed by atoms with Crippen molar-refractivity contribution in [2.75, 3.05) is 6.61 Å². The minimum absolute atomic E-state index is 0.645. The van der Waals surface area contributed by atoms with Crippen LogP contribution in [0.4, 0.5) is 0 Å². The molecule has 0 N–H and O–H groups in total. The minimum atomic E-state index is 0.645. The summed E-state index contributed by atoms with van der Waals surface area (Å²) in [6.45, 7) is 0.775. The molecular formula is C15H14BrNO. The van der Waals surface area contributed by atoms with E-state index < -0.39 is 0 Å². The second kappa shape index (κ2) is 5.11. The van der Waals surface area contributed by atoms with Crippen molar-refractivity contribution in [3.05, 3.63) is 58.8 Å². The van der Waals surface area contributed by atoms with Crippen LogP contribution >= 0.6 is 15.9 Å². The summed E-state index contributed by atoms with van der Waals surface area (Å²) in [6, 6.07) is 12.6. The van der Waals surface area contributed by atoms with E-state index in [4.69, 9.17) is 4.74 Å². The van der Waals surface area contributed by atoms with Gasteiger partial charge in [0.1, 0.15) is 5.75 Å². The number of pyridine rings is 1. The van der Waals surface area contributed by atoms with Gasteiger partial charge in [0.05, 0.1) is 12.8 Å². The Labute approximate surface area is 115 Å². The predicted octanol–water partition coefficient (Wildman–Crippen LogP) is 4.03. The Hall–Kier alpha value is -1.35. The molecule has 0 bridgehead atoms. The SMILES string of the molecule is Brc1cncc(OC[C@H]2C[C@H]2c2ccccc2)c1. The molecule has 2 nitrogen and oxygen atoms in total. The lowest BCUT2D eigenvalue weighted by Gasteiger charge is -2.05. The second-order valence-electron chi connectivity index (χ2n) is 4.66. The van der Waals surface area contributed by atoms with E-state index in [1.54, 1.807) is 12.4 Å². The van der Waals surface area contributed by atoms with Gasteiger partial charge >= 0.3 is 0 Å². The zero-order valence-electron chi connectivity index (χ0n) is 9.92. The number of rotatable bonds is 4. The van der Waals surface area contributed by atoms with Gasteiger partial charge in [-0.2, -0.15) is 0 Å². The molecule has 0 aliphatic heterocycles. The Morgan fingerprint density at radius 2 is 2.06 bits per heavy atom. The van der Waals surface area contributed by atoms with Crippen molar-refractivity contribution in [1.82, 2.24) is 4.98 Å². The van der Waals surface area contributed by atoms with E-state index in [0.29, 0.717) is 11.8 Å². The molecule has 92 valence electrons. The summed E-state index contributed by atoms with van der Waals surface area (Å²) in [5, 5.41) is 0. The quantitative estimate of drug-likeness (QED) is 0.851. The van der Waals surface area contributed by atoms with Gasteiger partial charge in [0, 0.05) is 16.6 Å². The molecule has 2 atom stereocenters. The average Bonchev–Trinajstić information content (AvgIpc) is 3.17. The fourth-order valence-electron chi connectivity index (χ4n) is 2.21. The highest BCUT2D eigenvalue weighted by Gasteiger charge is 2.38. The van der Waals surface area contributed by atoms with Gasteiger partial charge < -0.3 is 4.74 Å². The molecule has 0 amide bonds. The van der Waals surface area contributed by atoms with Gasteiger partial charge in [-0.3, -0.25) is 4.98 Å². The number of aromatic nitrogens is 1. The summed E-state index contributed by atoms with van der Waals surface area (Å²) in [4.78, 5) is 4.09. The lowest BCUT2D eigenvalue weighted by Crippen LogP contribution is -2.01. The maximum atomic E-state index is 5.77. The first kappa shape index (κ1) is 11.7. The predicted molar refractivity (Wildman–Crippen MR) is 74.7 cm³/mol. The highest BCUT2D eigenvalue weighted by molar-refractivity contribution is 9.10. The summed E-state index contributed by atoms with van der Waals surface area (Å²) in [7, 11) is 0. The monoisotopic (exact) mass is 303 g/mol. The highest BCUT2D eigenvalue weighted by atomic mass is 79.9. The fourth-order valence-corrected chi connectivity index (χ4v) is 2.56. The van der Waals surface area contributed by atoms with Crippen molar-refractivity contribution in [3.63, 3.8) is 0 Å². The van der Waals surface area contributed by atoms with Gasteiger partial charge in [-0.15, -0.1) is 0 Å². The summed E-state index contributed by atoms with van der Waals surface area (Å²) in [6.07, 6.45) is 4.74. The van der Waals surface area contributed by atoms with Crippen LogP contribution < -0.4 is 4.74 Å². The zero-order valence-corrected chi connectivity index (χ0v) is 11.5. The van der Waals surface area contributed by atoms with Crippen LogP contribution in [0.25, 0.3) is 0 Å². The van der Waals surface area contributed by atoms with E-state index in [-0.39, 0.29) is 0 Å². The van der Waals surface area contributed by atoms with Crippen LogP contribution in [0.1, 0.15) is 17.9 Å². The smallest absolute Gasteiger partial charge is 0.138 e. The molecule has 0 unspecified atom stereocenters. The van der Waals surface area contributed by atoms with Crippen LogP contribution in [0.3, 0.4) is 0 Å². The lowest BCUT2D eigenvalue weighted by atomic mass is 10.1. The fraction of sp³-hybridized carbons (Fsp3) is 0.267. The summed E-state index contributed by atoms with van der Waals surface area (Å²) in [5.74, 6) is 2.15. The van der Waals surface area contributed by atoms with Crippen LogP contribution in [0.2, 0.25) is 0 Å². The van der Waals surface area contributed by atoms with Crippen molar-refractivity contribution in [3.8, 4) is 5.75 Å². The van der Waals surface area contributed by atoms with Crippen molar-refractivity contribution in [2.24, 2.45) is 5.92 Å². The first-order valence-electron chi connectivity index (χ1n) is 6.11. The average molecular weight is 304 g/mol. The van der Waals surface area contributed by atoms with E-state index in [1.807, 2.05) is 6.07 Å². The maximum Gasteiger partial charge on any atom is 0.138 e. The number of ether oxygens (including phenoxy) is 1. The van der Waals surface area contributed by atoms with Crippen molar-refractivity contribution in [2.45, 2.75) is 12.3 Å². The van der Waals surface area contributed by atoms with E-state index in [0.717, 1.165) is 16.8 Å². The van der Waals surface area contributed by atoms with Crippen LogP contribution in [0.15, 0.2) is 53.3 Å². The Balaban J connectivity index is 1.55. The van der Waals surface area contributed by atoms with Crippen molar-refractivity contribution >= 4 is 15.9 Å².